The number of H-pyrrole nitrogens is 1. The minimum atomic E-state index is 0.472. The highest BCUT2D eigenvalue weighted by Crippen LogP contribution is 2.21. The van der Waals surface area contributed by atoms with E-state index in [0.717, 1.165) is 16.9 Å². The summed E-state index contributed by atoms with van der Waals surface area (Å²) in [6.07, 6.45) is 1.46. The van der Waals surface area contributed by atoms with Crippen molar-refractivity contribution in [2.24, 2.45) is 0 Å². The Labute approximate surface area is 133 Å². The van der Waals surface area contributed by atoms with Crippen LogP contribution in [0.25, 0.3) is 0 Å². The van der Waals surface area contributed by atoms with E-state index in [1.54, 1.807) is 0 Å². The van der Waals surface area contributed by atoms with Crippen molar-refractivity contribution in [3.63, 3.8) is 0 Å². The van der Waals surface area contributed by atoms with Gasteiger partial charge in [0.1, 0.15) is 18.7 Å². The molecule has 0 spiro atoms. The second-order valence-electron chi connectivity index (χ2n) is 4.71. The molecular weight excluding hydrogens is 300 g/mol. The number of hydrogen-bond donors (Lipinski definition) is 2. The highest BCUT2D eigenvalue weighted by molar-refractivity contribution is 6.30. The van der Waals surface area contributed by atoms with Crippen LogP contribution in [0.2, 0.25) is 5.02 Å². The zero-order valence-electron chi connectivity index (χ0n) is 11.8. The van der Waals surface area contributed by atoms with Gasteiger partial charge in [-0.2, -0.15) is 5.10 Å². The molecule has 0 amide bonds. The number of aromatic amines is 1. The van der Waals surface area contributed by atoms with Gasteiger partial charge in [-0.15, -0.1) is 0 Å². The molecule has 22 heavy (non-hydrogen) atoms. The average Bonchev–Trinajstić information content (AvgIpc) is 3.05. The van der Waals surface area contributed by atoms with Crippen LogP contribution < -0.4 is 10.1 Å². The Kier molecular flexibility index (Phi) is 4.56. The Balaban J connectivity index is 1.65. The highest BCUT2D eigenvalue weighted by Gasteiger charge is 2.04. The third kappa shape index (κ3) is 3.77. The summed E-state index contributed by atoms with van der Waals surface area (Å²) in [5, 5.41) is 10.4. The van der Waals surface area contributed by atoms with E-state index in [0.29, 0.717) is 24.1 Å². The Hall–Kier alpha value is -2.53. The monoisotopic (exact) mass is 314 g/mol. The third-order valence-corrected chi connectivity index (χ3v) is 3.35. The summed E-state index contributed by atoms with van der Waals surface area (Å²) >= 11 is 5.98. The molecule has 0 radical (unpaired) electrons. The first-order valence-electron chi connectivity index (χ1n) is 6.85. The van der Waals surface area contributed by atoms with E-state index in [1.807, 2.05) is 48.5 Å². The van der Waals surface area contributed by atoms with Gasteiger partial charge in [-0.3, -0.25) is 0 Å². The average molecular weight is 315 g/mol. The van der Waals surface area contributed by atoms with Gasteiger partial charge in [-0.25, -0.2) is 10.1 Å². The largest absolute Gasteiger partial charge is 0.489 e. The van der Waals surface area contributed by atoms with Gasteiger partial charge in [0.15, 0.2) is 0 Å². The molecule has 6 heteroatoms. The van der Waals surface area contributed by atoms with Crippen LogP contribution in [0.15, 0.2) is 54.9 Å². The molecule has 112 valence electrons. The summed E-state index contributed by atoms with van der Waals surface area (Å²) in [5.74, 6) is 1.46. The molecular formula is C16H15ClN4O. The van der Waals surface area contributed by atoms with Crippen molar-refractivity contribution < 1.29 is 4.74 Å². The minimum absolute atomic E-state index is 0.472. The number of hydrogen-bond acceptors (Lipinski definition) is 4. The van der Waals surface area contributed by atoms with E-state index in [1.165, 1.54) is 6.33 Å². The first-order valence-corrected chi connectivity index (χ1v) is 7.23. The predicted octanol–water partition coefficient (Wildman–Crippen LogP) is 3.65. The van der Waals surface area contributed by atoms with Crippen molar-refractivity contribution in [2.45, 2.75) is 13.2 Å². The molecule has 0 bridgehead atoms. The first kappa shape index (κ1) is 14.4. The van der Waals surface area contributed by atoms with Crippen molar-refractivity contribution in [2.75, 3.05) is 5.32 Å². The quantitative estimate of drug-likeness (QED) is 0.729. The van der Waals surface area contributed by atoms with Crippen molar-refractivity contribution in [3.05, 3.63) is 71.0 Å². The van der Waals surface area contributed by atoms with Crippen LogP contribution in [0.4, 0.5) is 5.95 Å². The van der Waals surface area contributed by atoms with Crippen LogP contribution in [0.3, 0.4) is 0 Å². The molecule has 1 aromatic heterocycles. The van der Waals surface area contributed by atoms with E-state index in [4.69, 9.17) is 16.3 Å². The van der Waals surface area contributed by atoms with Crippen molar-refractivity contribution in [1.82, 2.24) is 15.2 Å². The zero-order valence-corrected chi connectivity index (χ0v) is 12.5. The van der Waals surface area contributed by atoms with Gasteiger partial charge in [-0.05, 0) is 23.8 Å². The normalized spacial score (nSPS) is 10.4. The van der Waals surface area contributed by atoms with Gasteiger partial charge in [0.2, 0.25) is 5.95 Å². The van der Waals surface area contributed by atoms with Crippen molar-refractivity contribution >= 4 is 17.5 Å². The Morgan fingerprint density at radius 2 is 2.05 bits per heavy atom. The number of benzene rings is 2. The molecule has 0 aliphatic rings. The molecule has 0 aliphatic carbocycles. The van der Waals surface area contributed by atoms with Gasteiger partial charge in [-0.1, -0.05) is 41.9 Å². The number of rotatable bonds is 6. The lowest BCUT2D eigenvalue weighted by molar-refractivity contribution is 0.303. The maximum atomic E-state index is 5.98. The maximum Gasteiger partial charge on any atom is 0.218 e. The number of aromatic nitrogens is 3. The summed E-state index contributed by atoms with van der Waals surface area (Å²) in [7, 11) is 0. The maximum absolute atomic E-state index is 5.98. The van der Waals surface area contributed by atoms with Crippen molar-refractivity contribution in [3.8, 4) is 5.75 Å². The van der Waals surface area contributed by atoms with Crippen LogP contribution >= 0.6 is 11.6 Å². The molecule has 2 aromatic carbocycles. The molecule has 1 heterocycles. The predicted molar refractivity (Wildman–Crippen MR) is 85.9 cm³/mol. The number of halogens is 1. The number of ether oxygens (including phenoxy) is 1. The first-order chi connectivity index (χ1) is 10.8. The molecule has 0 saturated heterocycles. The summed E-state index contributed by atoms with van der Waals surface area (Å²) in [4.78, 5) is 4.03. The molecule has 3 rings (SSSR count). The van der Waals surface area contributed by atoms with Gasteiger partial charge in [0.25, 0.3) is 0 Å². The standard InChI is InChI=1S/C16H15ClN4O/c17-14-6-3-4-12(8-14)10-22-15-7-2-1-5-13(15)9-18-16-19-11-20-21-16/h1-8,11H,9-10H2,(H2,18,19,20,21). The second-order valence-corrected chi connectivity index (χ2v) is 5.15. The molecule has 0 aliphatic heterocycles. The fraction of sp³-hybridized carbons (Fsp3) is 0.125. The fourth-order valence-corrected chi connectivity index (χ4v) is 2.26. The van der Waals surface area contributed by atoms with Crippen LogP contribution in [0.5, 0.6) is 5.75 Å². The Morgan fingerprint density at radius 1 is 1.14 bits per heavy atom. The lowest BCUT2D eigenvalue weighted by Crippen LogP contribution is -2.04. The molecule has 2 N–H and O–H groups in total. The molecule has 0 atom stereocenters. The smallest absolute Gasteiger partial charge is 0.218 e. The topological polar surface area (TPSA) is 62.8 Å². The molecule has 0 unspecified atom stereocenters. The second kappa shape index (κ2) is 6.95. The molecule has 5 nitrogen and oxygen atoms in total. The van der Waals surface area contributed by atoms with E-state index < -0.39 is 0 Å². The van der Waals surface area contributed by atoms with Gasteiger partial charge >= 0.3 is 0 Å². The van der Waals surface area contributed by atoms with Gasteiger partial charge in [0, 0.05) is 17.1 Å². The SMILES string of the molecule is Clc1cccc(COc2ccccc2CNc2ncn[nH]2)c1. The summed E-state index contributed by atoms with van der Waals surface area (Å²) in [5.41, 5.74) is 2.08. The van der Waals surface area contributed by atoms with Crippen molar-refractivity contribution in [1.29, 1.82) is 0 Å². The lowest BCUT2D eigenvalue weighted by atomic mass is 10.2. The fourth-order valence-electron chi connectivity index (χ4n) is 2.05. The van der Waals surface area contributed by atoms with Crippen LogP contribution in [0.1, 0.15) is 11.1 Å². The minimum Gasteiger partial charge on any atom is -0.489 e. The lowest BCUT2D eigenvalue weighted by Gasteiger charge is -2.12. The highest BCUT2D eigenvalue weighted by atomic mass is 35.5. The molecule has 0 saturated carbocycles. The molecule has 3 aromatic rings. The zero-order chi connectivity index (χ0) is 15.2. The number of nitrogens with one attached hydrogen (secondary N) is 2. The number of nitrogens with zero attached hydrogens (tertiary/aromatic N) is 2. The van der Waals surface area contributed by atoms with Gasteiger partial charge in [0.05, 0.1) is 0 Å². The Morgan fingerprint density at radius 3 is 2.86 bits per heavy atom. The van der Waals surface area contributed by atoms with E-state index in [2.05, 4.69) is 20.5 Å². The summed E-state index contributed by atoms with van der Waals surface area (Å²) < 4.78 is 5.90. The van der Waals surface area contributed by atoms with Crippen LogP contribution in [0, 0.1) is 0 Å². The number of para-hydroxylation sites is 1. The van der Waals surface area contributed by atoms with E-state index in [-0.39, 0.29) is 0 Å². The third-order valence-electron chi connectivity index (χ3n) is 3.12. The van der Waals surface area contributed by atoms with E-state index in [9.17, 15) is 0 Å². The van der Waals surface area contributed by atoms with Crippen LogP contribution in [-0.2, 0) is 13.2 Å². The van der Waals surface area contributed by atoms with Crippen LogP contribution in [-0.4, -0.2) is 15.2 Å². The molecule has 0 fully saturated rings. The Bertz CT molecular complexity index is 731. The summed E-state index contributed by atoms with van der Waals surface area (Å²) in [6.45, 7) is 1.07. The van der Waals surface area contributed by atoms with E-state index >= 15 is 0 Å². The summed E-state index contributed by atoms with van der Waals surface area (Å²) in [6, 6.07) is 15.5. The number of anilines is 1. The van der Waals surface area contributed by atoms with Gasteiger partial charge < -0.3 is 10.1 Å².